The number of anilines is 2. The average molecular weight is 280 g/mol. The van der Waals surface area contributed by atoms with Crippen molar-refractivity contribution in [2.24, 2.45) is 0 Å². The molecule has 110 valence electrons. The van der Waals surface area contributed by atoms with Crippen molar-refractivity contribution in [2.45, 2.75) is 32.6 Å². The van der Waals surface area contributed by atoms with Gasteiger partial charge in [0.2, 0.25) is 0 Å². The molecule has 0 saturated carbocycles. The summed E-state index contributed by atoms with van der Waals surface area (Å²) in [4.78, 5) is 0. The van der Waals surface area contributed by atoms with Crippen LogP contribution >= 0.6 is 0 Å². The second-order valence-corrected chi connectivity index (χ2v) is 6.02. The summed E-state index contributed by atoms with van der Waals surface area (Å²) in [6.45, 7) is 10.3. The van der Waals surface area contributed by atoms with E-state index < -0.39 is 0 Å². The highest BCUT2D eigenvalue weighted by Gasteiger charge is 2.29. The van der Waals surface area contributed by atoms with Crippen LogP contribution in [0, 0.1) is 6.92 Å². The summed E-state index contributed by atoms with van der Waals surface area (Å²) < 4.78 is 0. The van der Waals surface area contributed by atoms with Crippen LogP contribution in [-0.4, -0.2) is 0 Å². The quantitative estimate of drug-likeness (QED) is 0.651. The van der Waals surface area contributed by atoms with E-state index in [2.05, 4.69) is 51.6 Å². The fourth-order valence-corrected chi connectivity index (χ4v) is 3.02. The zero-order chi connectivity index (χ0) is 15.6. The zero-order valence-electron chi connectivity index (χ0n) is 13.1. The van der Waals surface area contributed by atoms with Gasteiger partial charge < -0.3 is 11.5 Å². The Morgan fingerprint density at radius 2 is 1.71 bits per heavy atom. The van der Waals surface area contributed by atoms with Gasteiger partial charge in [0.15, 0.2) is 0 Å². The normalized spacial score (nSPS) is 11.4. The first kappa shape index (κ1) is 15.2. The molecule has 0 spiro atoms. The van der Waals surface area contributed by atoms with Crippen molar-refractivity contribution in [2.75, 3.05) is 11.5 Å². The van der Waals surface area contributed by atoms with Crippen LogP contribution in [0.1, 0.15) is 36.1 Å². The van der Waals surface area contributed by atoms with Gasteiger partial charge in [-0.15, -0.1) is 6.58 Å². The lowest BCUT2D eigenvalue weighted by molar-refractivity contribution is 0.636. The fourth-order valence-electron chi connectivity index (χ4n) is 3.02. The molecule has 2 rings (SSSR count). The van der Waals surface area contributed by atoms with Crippen molar-refractivity contribution < 1.29 is 0 Å². The van der Waals surface area contributed by atoms with E-state index in [1.165, 1.54) is 11.1 Å². The summed E-state index contributed by atoms with van der Waals surface area (Å²) in [5.74, 6) is 0. The van der Waals surface area contributed by atoms with Gasteiger partial charge >= 0.3 is 0 Å². The highest BCUT2D eigenvalue weighted by molar-refractivity contribution is 5.68. The smallest absolute Gasteiger partial charge is 0.0379 e. The van der Waals surface area contributed by atoms with E-state index in [-0.39, 0.29) is 5.41 Å². The Morgan fingerprint density at radius 1 is 1.10 bits per heavy atom. The van der Waals surface area contributed by atoms with E-state index in [0.29, 0.717) is 0 Å². The molecule has 0 aromatic heterocycles. The Balaban J connectivity index is 2.73. The Labute approximate surface area is 127 Å². The minimum absolute atomic E-state index is 0.178. The Morgan fingerprint density at radius 3 is 2.29 bits per heavy atom. The molecule has 0 aliphatic rings. The molecule has 0 amide bonds. The molecule has 0 atom stereocenters. The van der Waals surface area contributed by atoms with E-state index in [4.69, 9.17) is 11.5 Å². The third-order valence-corrected chi connectivity index (χ3v) is 4.26. The Bertz CT molecular complexity index is 655. The van der Waals surface area contributed by atoms with E-state index in [0.717, 1.165) is 28.9 Å². The number of hydrogen-bond donors (Lipinski definition) is 2. The summed E-state index contributed by atoms with van der Waals surface area (Å²) in [7, 11) is 0. The van der Waals surface area contributed by atoms with Crippen molar-refractivity contribution in [1.82, 2.24) is 0 Å². The zero-order valence-corrected chi connectivity index (χ0v) is 13.1. The standard InChI is InChI=1S/C19H24N2/c1-5-9-15-13(2)16(20)12-17(21)18(15)19(3,4)14-10-7-6-8-11-14/h5-8,10-12H,1,9,20-21H2,2-4H3. The van der Waals surface area contributed by atoms with Crippen LogP contribution in [0.4, 0.5) is 11.4 Å². The number of nitrogen functional groups attached to an aromatic ring is 2. The molecule has 2 heteroatoms. The molecule has 2 aromatic carbocycles. The Hall–Kier alpha value is -2.22. The molecule has 0 bridgehead atoms. The summed E-state index contributed by atoms with van der Waals surface area (Å²) >= 11 is 0. The molecule has 0 aliphatic heterocycles. The molecule has 4 N–H and O–H groups in total. The minimum atomic E-state index is -0.178. The molecule has 0 aliphatic carbocycles. The van der Waals surface area contributed by atoms with Gasteiger partial charge in [-0.1, -0.05) is 50.3 Å². The fraction of sp³-hybridized carbons (Fsp3) is 0.263. The monoisotopic (exact) mass is 280 g/mol. The average Bonchev–Trinajstić information content (AvgIpc) is 2.45. The second-order valence-electron chi connectivity index (χ2n) is 6.02. The maximum Gasteiger partial charge on any atom is 0.0379 e. The highest BCUT2D eigenvalue weighted by Crippen LogP contribution is 2.40. The number of benzene rings is 2. The van der Waals surface area contributed by atoms with Gasteiger partial charge in [-0.2, -0.15) is 0 Å². The molecule has 2 nitrogen and oxygen atoms in total. The van der Waals surface area contributed by atoms with Gasteiger partial charge in [0.1, 0.15) is 0 Å². The lowest BCUT2D eigenvalue weighted by Crippen LogP contribution is -2.24. The molecule has 0 fully saturated rings. The van der Waals surface area contributed by atoms with E-state index in [9.17, 15) is 0 Å². The van der Waals surface area contributed by atoms with Crippen molar-refractivity contribution >= 4 is 11.4 Å². The topological polar surface area (TPSA) is 52.0 Å². The number of hydrogen-bond acceptors (Lipinski definition) is 2. The van der Waals surface area contributed by atoms with Crippen LogP contribution in [0.25, 0.3) is 0 Å². The maximum atomic E-state index is 6.33. The van der Waals surface area contributed by atoms with Crippen molar-refractivity contribution in [3.05, 3.63) is 71.3 Å². The molecular formula is C19H24N2. The highest BCUT2D eigenvalue weighted by atomic mass is 14.6. The SMILES string of the molecule is C=CCc1c(C)c(N)cc(N)c1C(C)(C)c1ccccc1. The molecule has 21 heavy (non-hydrogen) atoms. The molecule has 0 unspecified atom stereocenters. The van der Waals surface area contributed by atoms with Crippen LogP contribution in [0.3, 0.4) is 0 Å². The van der Waals surface area contributed by atoms with Crippen LogP contribution < -0.4 is 11.5 Å². The van der Waals surface area contributed by atoms with Gasteiger partial charge in [-0.25, -0.2) is 0 Å². The number of allylic oxidation sites excluding steroid dienone is 1. The van der Waals surface area contributed by atoms with E-state index in [1.54, 1.807) is 0 Å². The third kappa shape index (κ3) is 2.66. The number of rotatable bonds is 4. The molecule has 0 heterocycles. The minimum Gasteiger partial charge on any atom is -0.398 e. The van der Waals surface area contributed by atoms with Crippen LogP contribution in [0.15, 0.2) is 49.1 Å². The first-order valence-corrected chi connectivity index (χ1v) is 7.24. The third-order valence-electron chi connectivity index (χ3n) is 4.26. The first-order chi connectivity index (χ1) is 9.89. The van der Waals surface area contributed by atoms with Crippen LogP contribution in [0.2, 0.25) is 0 Å². The van der Waals surface area contributed by atoms with Gasteiger partial charge in [-0.3, -0.25) is 0 Å². The maximum absolute atomic E-state index is 6.33. The first-order valence-electron chi connectivity index (χ1n) is 7.24. The van der Waals surface area contributed by atoms with Gasteiger partial charge in [-0.05, 0) is 41.7 Å². The van der Waals surface area contributed by atoms with Crippen molar-refractivity contribution in [1.29, 1.82) is 0 Å². The van der Waals surface area contributed by atoms with Gasteiger partial charge in [0.05, 0.1) is 0 Å². The lowest BCUT2D eigenvalue weighted by Gasteiger charge is -2.31. The van der Waals surface area contributed by atoms with Crippen molar-refractivity contribution in [3.63, 3.8) is 0 Å². The number of nitrogens with two attached hydrogens (primary N) is 2. The van der Waals surface area contributed by atoms with Crippen LogP contribution in [0.5, 0.6) is 0 Å². The predicted octanol–water partition coefficient (Wildman–Crippen LogP) is 4.21. The van der Waals surface area contributed by atoms with Crippen molar-refractivity contribution in [3.8, 4) is 0 Å². The van der Waals surface area contributed by atoms with Crippen LogP contribution in [-0.2, 0) is 11.8 Å². The van der Waals surface area contributed by atoms with Gasteiger partial charge in [0, 0.05) is 16.8 Å². The Kier molecular flexibility index (Phi) is 4.08. The summed E-state index contributed by atoms with van der Waals surface area (Å²) in [6.07, 6.45) is 2.68. The van der Waals surface area contributed by atoms with E-state index in [1.807, 2.05) is 18.2 Å². The van der Waals surface area contributed by atoms with E-state index >= 15 is 0 Å². The second kappa shape index (κ2) is 5.65. The van der Waals surface area contributed by atoms with Gasteiger partial charge in [0.25, 0.3) is 0 Å². The largest absolute Gasteiger partial charge is 0.398 e. The molecular weight excluding hydrogens is 256 g/mol. The summed E-state index contributed by atoms with van der Waals surface area (Å²) in [5.41, 5.74) is 18.4. The lowest BCUT2D eigenvalue weighted by atomic mass is 9.73. The summed E-state index contributed by atoms with van der Waals surface area (Å²) in [6, 6.07) is 12.3. The molecule has 0 radical (unpaired) electrons. The predicted molar refractivity (Wildman–Crippen MR) is 92.5 cm³/mol. The summed E-state index contributed by atoms with van der Waals surface area (Å²) in [5, 5.41) is 0. The molecule has 2 aromatic rings. The molecule has 0 saturated heterocycles.